The van der Waals surface area contributed by atoms with Crippen molar-refractivity contribution < 1.29 is 19.4 Å². The van der Waals surface area contributed by atoms with Gasteiger partial charge in [0, 0.05) is 4.70 Å². The lowest BCUT2D eigenvalue weighted by Crippen LogP contribution is -2.51. The molecule has 1 amide bonds. The molecule has 1 unspecified atom stereocenters. The van der Waals surface area contributed by atoms with Crippen molar-refractivity contribution in [3.63, 3.8) is 0 Å². The third-order valence-electron chi connectivity index (χ3n) is 3.92. The van der Waals surface area contributed by atoms with E-state index in [-0.39, 0.29) is 5.91 Å². The summed E-state index contributed by atoms with van der Waals surface area (Å²) < 4.78 is 6.17. The van der Waals surface area contributed by atoms with Gasteiger partial charge in [-0.1, -0.05) is 6.92 Å². The van der Waals surface area contributed by atoms with Gasteiger partial charge < -0.3 is 15.2 Å². The van der Waals surface area contributed by atoms with Crippen molar-refractivity contribution in [3.8, 4) is 5.75 Å². The Hall–Kier alpha value is -2.08. The van der Waals surface area contributed by atoms with Crippen LogP contribution in [0.3, 0.4) is 0 Å². The number of aliphatic carboxylic acids is 1. The van der Waals surface area contributed by atoms with E-state index in [0.717, 1.165) is 21.4 Å². The molecule has 0 spiro atoms. The minimum Gasteiger partial charge on any atom is -0.497 e. The van der Waals surface area contributed by atoms with Crippen molar-refractivity contribution >= 4 is 33.3 Å². The lowest BCUT2D eigenvalue weighted by molar-refractivity contribution is -0.143. The van der Waals surface area contributed by atoms with Gasteiger partial charge in [0.1, 0.15) is 11.3 Å². The van der Waals surface area contributed by atoms with Crippen molar-refractivity contribution in [2.24, 2.45) is 0 Å². The number of methoxy groups -OCH3 is 1. The van der Waals surface area contributed by atoms with E-state index >= 15 is 0 Å². The second kappa shape index (κ2) is 5.96. The number of rotatable bonds is 5. The number of carbonyl (C=O) groups is 2. The van der Waals surface area contributed by atoms with E-state index in [2.05, 4.69) is 5.32 Å². The summed E-state index contributed by atoms with van der Waals surface area (Å²) in [5.41, 5.74) is -0.433. The third-order valence-corrected chi connectivity index (χ3v) is 5.19. The first-order valence-corrected chi connectivity index (χ1v) is 7.77. The maximum absolute atomic E-state index is 12.5. The van der Waals surface area contributed by atoms with Crippen molar-refractivity contribution in [2.45, 2.75) is 32.7 Å². The molecule has 2 N–H and O–H groups in total. The van der Waals surface area contributed by atoms with Crippen LogP contribution in [0.4, 0.5) is 0 Å². The van der Waals surface area contributed by atoms with E-state index in [0.29, 0.717) is 11.3 Å². The molecule has 0 aliphatic heterocycles. The zero-order chi connectivity index (χ0) is 16.5. The van der Waals surface area contributed by atoms with E-state index in [1.54, 1.807) is 14.0 Å². The molecule has 0 aliphatic rings. The summed E-state index contributed by atoms with van der Waals surface area (Å²) in [5.74, 6) is -0.669. The Balaban J connectivity index is 2.40. The van der Waals surface area contributed by atoms with Crippen LogP contribution in [-0.2, 0) is 4.79 Å². The molecule has 118 valence electrons. The average Bonchev–Trinajstić information content (AvgIpc) is 2.83. The van der Waals surface area contributed by atoms with Gasteiger partial charge in [0.25, 0.3) is 5.91 Å². The molecule has 0 radical (unpaired) electrons. The highest BCUT2D eigenvalue weighted by molar-refractivity contribution is 7.21. The van der Waals surface area contributed by atoms with Crippen LogP contribution >= 0.6 is 11.3 Å². The van der Waals surface area contributed by atoms with Gasteiger partial charge in [-0.3, -0.25) is 4.79 Å². The fourth-order valence-corrected chi connectivity index (χ4v) is 3.23. The van der Waals surface area contributed by atoms with Crippen LogP contribution in [0.15, 0.2) is 18.2 Å². The maximum Gasteiger partial charge on any atom is 0.329 e. The number of fused-ring (bicyclic) bond motifs is 1. The quantitative estimate of drug-likeness (QED) is 0.886. The molecule has 22 heavy (non-hydrogen) atoms. The summed E-state index contributed by atoms with van der Waals surface area (Å²) in [4.78, 5) is 24.3. The molecule has 1 atom stereocenters. The van der Waals surface area contributed by atoms with E-state index in [4.69, 9.17) is 4.74 Å². The molecular formula is C16H19NO4S. The summed E-state index contributed by atoms with van der Waals surface area (Å²) in [5, 5.41) is 12.9. The van der Waals surface area contributed by atoms with Crippen molar-refractivity contribution in [3.05, 3.63) is 28.6 Å². The number of carboxylic acids is 1. The first kappa shape index (κ1) is 16.3. The second-order valence-electron chi connectivity index (χ2n) is 5.36. The summed E-state index contributed by atoms with van der Waals surface area (Å²) >= 11 is 1.35. The average molecular weight is 321 g/mol. The van der Waals surface area contributed by atoms with Gasteiger partial charge in [0.2, 0.25) is 0 Å². The van der Waals surface area contributed by atoms with Gasteiger partial charge in [-0.25, -0.2) is 4.79 Å². The van der Waals surface area contributed by atoms with Gasteiger partial charge in [0.15, 0.2) is 0 Å². The minimum atomic E-state index is -1.27. The van der Waals surface area contributed by atoms with Crippen LogP contribution in [0.25, 0.3) is 10.1 Å². The molecule has 6 heteroatoms. The minimum absolute atomic E-state index is 0.311. The zero-order valence-electron chi connectivity index (χ0n) is 13.0. The first-order chi connectivity index (χ1) is 10.3. The largest absolute Gasteiger partial charge is 0.497 e. The molecule has 1 aromatic carbocycles. The molecular weight excluding hydrogens is 302 g/mol. The Morgan fingerprint density at radius 2 is 2.09 bits per heavy atom. The Morgan fingerprint density at radius 1 is 1.41 bits per heavy atom. The number of hydrogen-bond donors (Lipinski definition) is 2. The molecule has 2 aromatic rings. The van der Waals surface area contributed by atoms with Crippen molar-refractivity contribution in [2.75, 3.05) is 7.11 Å². The first-order valence-electron chi connectivity index (χ1n) is 6.95. The fourth-order valence-electron chi connectivity index (χ4n) is 2.14. The van der Waals surface area contributed by atoms with E-state index < -0.39 is 11.5 Å². The molecule has 5 nitrogen and oxygen atoms in total. The Labute approximate surface area is 132 Å². The highest BCUT2D eigenvalue weighted by Crippen LogP contribution is 2.33. The SMILES string of the molecule is CCC(C)(NC(=O)c1sc2ccc(OC)cc2c1C)C(=O)O. The lowest BCUT2D eigenvalue weighted by Gasteiger charge is -2.24. The Morgan fingerprint density at radius 3 is 2.64 bits per heavy atom. The number of thiophene rings is 1. The number of aryl methyl sites for hydroxylation is 1. The molecule has 1 aromatic heterocycles. The van der Waals surface area contributed by atoms with E-state index in [1.807, 2.05) is 25.1 Å². The maximum atomic E-state index is 12.5. The molecule has 0 saturated heterocycles. The van der Waals surface area contributed by atoms with Gasteiger partial charge in [-0.05, 0) is 49.4 Å². The molecule has 0 aliphatic carbocycles. The number of benzene rings is 1. The smallest absolute Gasteiger partial charge is 0.329 e. The van der Waals surface area contributed by atoms with Crippen LogP contribution < -0.4 is 10.1 Å². The summed E-state index contributed by atoms with van der Waals surface area (Å²) in [6, 6.07) is 5.63. The molecule has 0 bridgehead atoms. The number of ether oxygens (including phenoxy) is 1. The molecule has 0 fully saturated rings. The highest BCUT2D eigenvalue weighted by atomic mass is 32.1. The van der Waals surface area contributed by atoms with Crippen LogP contribution in [0, 0.1) is 6.92 Å². The Bertz CT molecular complexity index is 737. The van der Waals surface area contributed by atoms with Gasteiger partial charge in [-0.2, -0.15) is 0 Å². The number of hydrogen-bond acceptors (Lipinski definition) is 4. The van der Waals surface area contributed by atoms with E-state index in [1.165, 1.54) is 18.3 Å². The zero-order valence-corrected chi connectivity index (χ0v) is 13.8. The predicted molar refractivity (Wildman–Crippen MR) is 86.9 cm³/mol. The van der Waals surface area contributed by atoms with Gasteiger partial charge >= 0.3 is 5.97 Å². The predicted octanol–water partition coefficient (Wildman–Crippen LogP) is 3.20. The number of carbonyl (C=O) groups excluding carboxylic acids is 1. The monoisotopic (exact) mass is 321 g/mol. The van der Waals surface area contributed by atoms with Crippen LogP contribution in [0.1, 0.15) is 35.5 Å². The third kappa shape index (κ3) is 2.78. The summed E-state index contributed by atoms with van der Waals surface area (Å²) in [6.45, 7) is 5.10. The molecule has 1 heterocycles. The topological polar surface area (TPSA) is 75.6 Å². The van der Waals surface area contributed by atoms with Gasteiger partial charge in [-0.15, -0.1) is 11.3 Å². The molecule has 0 saturated carbocycles. The van der Waals surface area contributed by atoms with Crippen molar-refractivity contribution in [1.29, 1.82) is 0 Å². The number of nitrogens with one attached hydrogen (secondary N) is 1. The van der Waals surface area contributed by atoms with Gasteiger partial charge in [0.05, 0.1) is 12.0 Å². The van der Waals surface area contributed by atoms with Crippen LogP contribution in [-0.4, -0.2) is 29.6 Å². The van der Waals surface area contributed by atoms with Crippen LogP contribution in [0.2, 0.25) is 0 Å². The van der Waals surface area contributed by atoms with E-state index in [9.17, 15) is 14.7 Å². The lowest BCUT2D eigenvalue weighted by atomic mass is 9.99. The number of amides is 1. The summed E-state index contributed by atoms with van der Waals surface area (Å²) in [7, 11) is 1.59. The summed E-state index contributed by atoms with van der Waals surface area (Å²) in [6.07, 6.45) is 0.311. The Kier molecular flexibility index (Phi) is 4.42. The number of carboxylic acid groups (broad SMARTS) is 1. The highest BCUT2D eigenvalue weighted by Gasteiger charge is 2.34. The van der Waals surface area contributed by atoms with Crippen molar-refractivity contribution in [1.82, 2.24) is 5.32 Å². The molecule has 2 rings (SSSR count). The standard InChI is InChI=1S/C16H19NO4S/c1-5-16(3,15(19)20)17-14(18)13-9(2)11-8-10(21-4)6-7-12(11)22-13/h6-8H,5H2,1-4H3,(H,17,18)(H,19,20). The fraction of sp³-hybridized carbons (Fsp3) is 0.375. The normalized spacial score (nSPS) is 13.6. The van der Waals surface area contributed by atoms with Crippen LogP contribution in [0.5, 0.6) is 5.75 Å². The second-order valence-corrected chi connectivity index (χ2v) is 6.42.